The van der Waals surface area contributed by atoms with Crippen LogP contribution in [0.1, 0.15) is 29.5 Å². The van der Waals surface area contributed by atoms with Crippen molar-refractivity contribution in [3.8, 4) is 0 Å². The number of likely N-dealkylation sites (tertiary alicyclic amines) is 1. The van der Waals surface area contributed by atoms with Crippen molar-refractivity contribution in [2.75, 3.05) is 20.1 Å². The van der Waals surface area contributed by atoms with Gasteiger partial charge in [0.2, 0.25) is 5.91 Å². The van der Waals surface area contributed by atoms with E-state index in [2.05, 4.69) is 49.3 Å². The van der Waals surface area contributed by atoms with Gasteiger partial charge in [-0.3, -0.25) is 4.79 Å². The molecule has 1 aromatic rings. The van der Waals surface area contributed by atoms with E-state index in [1.54, 1.807) is 0 Å². The van der Waals surface area contributed by atoms with Crippen LogP contribution >= 0.6 is 0 Å². The number of hydrogen-bond acceptors (Lipinski definition) is 2. The third-order valence-electron chi connectivity index (χ3n) is 3.94. The van der Waals surface area contributed by atoms with Gasteiger partial charge in [0.15, 0.2) is 0 Å². The van der Waals surface area contributed by atoms with Crippen molar-refractivity contribution < 1.29 is 4.79 Å². The summed E-state index contributed by atoms with van der Waals surface area (Å²) in [6.45, 7) is 6.29. The molecule has 104 valence electrons. The fourth-order valence-corrected chi connectivity index (χ4v) is 2.60. The standard InChI is InChI=1S/C16H24N2O/c1-12-4-5-13(2)14(10-12)11-16(19)17-15-6-8-18(3)9-7-15/h4-5,10,15H,6-9,11H2,1-3H3,(H,17,19). The van der Waals surface area contributed by atoms with Gasteiger partial charge in [0.05, 0.1) is 6.42 Å². The van der Waals surface area contributed by atoms with E-state index < -0.39 is 0 Å². The number of nitrogens with one attached hydrogen (secondary N) is 1. The zero-order valence-corrected chi connectivity index (χ0v) is 12.2. The van der Waals surface area contributed by atoms with E-state index in [1.165, 1.54) is 11.1 Å². The van der Waals surface area contributed by atoms with E-state index in [9.17, 15) is 4.79 Å². The Morgan fingerprint density at radius 1 is 1.32 bits per heavy atom. The first-order valence-electron chi connectivity index (χ1n) is 7.08. The molecular weight excluding hydrogens is 236 g/mol. The Bertz CT molecular complexity index is 448. The van der Waals surface area contributed by atoms with Crippen LogP contribution in [0.25, 0.3) is 0 Å². The molecule has 1 saturated heterocycles. The van der Waals surface area contributed by atoms with Gasteiger partial charge in [-0.1, -0.05) is 23.8 Å². The normalized spacial score (nSPS) is 17.4. The van der Waals surface area contributed by atoms with Crippen LogP contribution in [0.15, 0.2) is 18.2 Å². The number of aryl methyl sites for hydroxylation is 2. The van der Waals surface area contributed by atoms with Gasteiger partial charge < -0.3 is 10.2 Å². The molecule has 19 heavy (non-hydrogen) atoms. The molecule has 1 aliphatic rings. The molecule has 0 aliphatic carbocycles. The smallest absolute Gasteiger partial charge is 0.224 e. The second kappa shape index (κ2) is 6.20. The molecule has 0 radical (unpaired) electrons. The highest BCUT2D eigenvalue weighted by molar-refractivity contribution is 5.79. The number of nitrogens with zero attached hydrogens (tertiary/aromatic N) is 1. The van der Waals surface area contributed by atoms with Crippen molar-refractivity contribution >= 4 is 5.91 Å². The van der Waals surface area contributed by atoms with Crippen molar-refractivity contribution in [2.24, 2.45) is 0 Å². The predicted octanol–water partition coefficient (Wildman–Crippen LogP) is 2.06. The molecule has 1 N–H and O–H groups in total. The van der Waals surface area contributed by atoms with Gasteiger partial charge in [-0.2, -0.15) is 0 Å². The fourth-order valence-electron chi connectivity index (χ4n) is 2.60. The second-order valence-electron chi connectivity index (χ2n) is 5.75. The molecule has 1 heterocycles. The Morgan fingerprint density at radius 3 is 2.68 bits per heavy atom. The van der Waals surface area contributed by atoms with Gasteiger partial charge >= 0.3 is 0 Å². The summed E-state index contributed by atoms with van der Waals surface area (Å²) >= 11 is 0. The van der Waals surface area contributed by atoms with Crippen LogP contribution in [0.5, 0.6) is 0 Å². The number of rotatable bonds is 3. The molecule has 0 unspecified atom stereocenters. The van der Waals surface area contributed by atoms with Crippen LogP contribution < -0.4 is 5.32 Å². The maximum Gasteiger partial charge on any atom is 0.224 e. The number of benzene rings is 1. The third-order valence-corrected chi connectivity index (χ3v) is 3.94. The first kappa shape index (κ1) is 14.1. The maximum atomic E-state index is 12.1. The Kier molecular flexibility index (Phi) is 4.59. The third kappa shape index (κ3) is 4.06. The zero-order valence-electron chi connectivity index (χ0n) is 12.2. The monoisotopic (exact) mass is 260 g/mol. The summed E-state index contributed by atoms with van der Waals surface area (Å²) in [6.07, 6.45) is 2.63. The fraction of sp³-hybridized carbons (Fsp3) is 0.562. The lowest BCUT2D eigenvalue weighted by molar-refractivity contribution is -0.121. The summed E-state index contributed by atoms with van der Waals surface area (Å²) in [6, 6.07) is 6.65. The van der Waals surface area contributed by atoms with Crippen LogP contribution in [-0.4, -0.2) is 37.0 Å². The second-order valence-corrected chi connectivity index (χ2v) is 5.75. The van der Waals surface area contributed by atoms with Crippen LogP contribution in [0, 0.1) is 13.8 Å². The number of piperidine rings is 1. The summed E-state index contributed by atoms with van der Waals surface area (Å²) in [7, 11) is 2.13. The molecule has 1 aliphatic heterocycles. The van der Waals surface area contributed by atoms with Crippen molar-refractivity contribution in [2.45, 2.75) is 39.2 Å². The van der Waals surface area contributed by atoms with E-state index in [0.717, 1.165) is 31.5 Å². The van der Waals surface area contributed by atoms with E-state index >= 15 is 0 Å². The highest BCUT2D eigenvalue weighted by Gasteiger charge is 2.18. The van der Waals surface area contributed by atoms with Gasteiger partial charge in [-0.05, 0) is 58.0 Å². The summed E-state index contributed by atoms with van der Waals surface area (Å²) in [5.41, 5.74) is 3.56. The molecule has 0 saturated carbocycles. The Labute approximate surface area is 116 Å². The lowest BCUT2D eigenvalue weighted by Crippen LogP contribution is -2.43. The van der Waals surface area contributed by atoms with Crippen LogP contribution in [-0.2, 0) is 11.2 Å². The molecule has 3 heteroatoms. The van der Waals surface area contributed by atoms with Crippen LogP contribution in [0.2, 0.25) is 0 Å². The topological polar surface area (TPSA) is 32.3 Å². The lowest BCUT2D eigenvalue weighted by Gasteiger charge is -2.29. The molecule has 2 rings (SSSR count). The zero-order chi connectivity index (χ0) is 13.8. The summed E-state index contributed by atoms with van der Waals surface area (Å²) in [4.78, 5) is 14.4. The van der Waals surface area contributed by atoms with E-state index in [0.29, 0.717) is 12.5 Å². The van der Waals surface area contributed by atoms with Crippen molar-refractivity contribution in [3.63, 3.8) is 0 Å². The predicted molar refractivity (Wildman–Crippen MR) is 78.3 cm³/mol. The average molecular weight is 260 g/mol. The Hall–Kier alpha value is -1.35. The first-order chi connectivity index (χ1) is 9.04. The molecule has 0 aromatic heterocycles. The molecule has 1 fully saturated rings. The van der Waals surface area contributed by atoms with Crippen molar-refractivity contribution in [1.29, 1.82) is 0 Å². The van der Waals surface area contributed by atoms with Gasteiger partial charge in [-0.25, -0.2) is 0 Å². The lowest BCUT2D eigenvalue weighted by atomic mass is 10.0. The number of hydrogen-bond donors (Lipinski definition) is 1. The maximum absolute atomic E-state index is 12.1. The van der Waals surface area contributed by atoms with Gasteiger partial charge in [-0.15, -0.1) is 0 Å². The largest absolute Gasteiger partial charge is 0.353 e. The molecule has 1 aromatic carbocycles. The minimum Gasteiger partial charge on any atom is -0.353 e. The Balaban J connectivity index is 1.89. The average Bonchev–Trinajstić information content (AvgIpc) is 2.37. The van der Waals surface area contributed by atoms with Gasteiger partial charge in [0.25, 0.3) is 0 Å². The van der Waals surface area contributed by atoms with E-state index in [4.69, 9.17) is 0 Å². The summed E-state index contributed by atoms with van der Waals surface area (Å²) in [5.74, 6) is 0.156. The van der Waals surface area contributed by atoms with Crippen LogP contribution in [0.4, 0.5) is 0 Å². The number of amides is 1. The van der Waals surface area contributed by atoms with Crippen LogP contribution in [0.3, 0.4) is 0 Å². The number of carbonyl (C=O) groups excluding carboxylic acids is 1. The van der Waals surface area contributed by atoms with E-state index in [-0.39, 0.29) is 5.91 Å². The SMILES string of the molecule is Cc1ccc(C)c(CC(=O)NC2CCN(C)CC2)c1. The first-order valence-corrected chi connectivity index (χ1v) is 7.08. The molecule has 0 atom stereocenters. The minimum absolute atomic E-state index is 0.156. The summed E-state index contributed by atoms with van der Waals surface area (Å²) in [5, 5.41) is 3.17. The molecule has 1 amide bonds. The minimum atomic E-state index is 0.156. The molecular formula is C16H24N2O. The molecule has 3 nitrogen and oxygen atoms in total. The number of carbonyl (C=O) groups is 1. The Morgan fingerprint density at radius 2 is 2.00 bits per heavy atom. The van der Waals surface area contributed by atoms with Gasteiger partial charge in [0, 0.05) is 6.04 Å². The van der Waals surface area contributed by atoms with Crippen molar-refractivity contribution in [3.05, 3.63) is 34.9 Å². The highest BCUT2D eigenvalue weighted by atomic mass is 16.1. The highest BCUT2D eigenvalue weighted by Crippen LogP contribution is 2.12. The van der Waals surface area contributed by atoms with Gasteiger partial charge in [0.1, 0.15) is 0 Å². The molecule has 0 spiro atoms. The quantitative estimate of drug-likeness (QED) is 0.902. The molecule has 0 bridgehead atoms. The van der Waals surface area contributed by atoms with Crippen molar-refractivity contribution in [1.82, 2.24) is 10.2 Å². The van der Waals surface area contributed by atoms with E-state index in [1.807, 2.05) is 0 Å². The summed E-state index contributed by atoms with van der Waals surface area (Å²) < 4.78 is 0.